The second kappa shape index (κ2) is 7.16. The summed E-state index contributed by atoms with van der Waals surface area (Å²) in [7, 11) is 0. The predicted octanol–water partition coefficient (Wildman–Crippen LogP) is 3.33. The van der Waals surface area contributed by atoms with Gasteiger partial charge in [0.05, 0.1) is 5.92 Å². The standard InChI is InChI=1S/C19H25NO3/c21-18(14-9-11-15(12-10-14)19(22)23)20-17-8-4-7-16(17)13-5-2-1-3-6-13/h1-3,5-6,14-17H,4,7-12H2,(H,20,21)(H,22,23)/t14?,15?,16-,17+/m0/s1. The molecule has 2 saturated carbocycles. The number of rotatable bonds is 4. The fraction of sp³-hybridized carbons (Fsp3) is 0.579. The summed E-state index contributed by atoms with van der Waals surface area (Å²) in [6, 6.07) is 10.6. The van der Waals surface area contributed by atoms with E-state index in [4.69, 9.17) is 5.11 Å². The lowest BCUT2D eigenvalue weighted by molar-refractivity contribution is -0.144. The minimum absolute atomic E-state index is 0.0115. The van der Waals surface area contributed by atoms with Crippen LogP contribution in [-0.4, -0.2) is 23.0 Å². The molecule has 4 heteroatoms. The fourth-order valence-corrected chi connectivity index (χ4v) is 4.14. The highest BCUT2D eigenvalue weighted by molar-refractivity contribution is 5.79. The zero-order valence-electron chi connectivity index (χ0n) is 13.4. The van der Waals surface area contributed by atoms with E-state index in [0.717, 1.165) is 19.3 Å². The molecule has 1 amide bonds. The van der Waals surface area contributed by atoms with E-state index in [2.05, 4.69) is 29.6 Å². The van der Waals surface area contributed by atoms with Gasteiger partial charge in [0, 0.05) is 17.9 Å². The van der Waals surface area contributed by atoms with E-state index in [1.165, 1.54) is 5.56 Å². The van der Waals surface area contributed by atoms with Gasteiger partial charge >= 0.3 is 5.97 Å². The summed E-state index contributed by atoms with van der Waals surface area (Å²) < 4.78 is 0. The third-order valence-corrected chi connectivity index (χ3v) is 5.52. The quantitative estimate of drug-likeness (QED) is 0.895. The molecule has 124 valence electrons. The zero-order chi connectivity index (χ0) is 16.2. The summed E-state index contributed by atoms with van der Waals surface area (Å²) in [6.07, 6.45) is 5.96. The smallest absolute Gasteiger partial charge is 0.306 e. The third kappa shape index (κ3) is 3.74. The number of aliphatic carboxylic acids is 1. The van der Waals surface area contributed by atoms with Crippen LogP contribution in [0.4, 0.5) is 0 Å². The maximum absolute atomic E-state index is 12.5. The lowest BCUT2D eigenvalue weighted by Gasteiger charge is -2.28. The fourth-order valence-electron chi connectivity index (χ4n) is 4.14. The molecule has 0 spiro atoms. The van der Waals surface area contributed by atoms with E-state index in [0.29, 0.717) is 31.6 Å². The molecule has 2 N–H and O–H groups in total. The summed E-state index contributed by atoms with van der Waals surface area (Å²) in [5, 5.41) is 12.3. The van der Waals surface area contributed by atoms with Crippen molar-refractivity contribution in [2.75, 3.05) is 0 Å². The molecule has 0 bridgehead atoms. The van der Waals surface area contributed by atoms with Gasteiger partial charge in [0.2, 0.25) is 5.91 Å². The van der Waals surface area contributed by atoms with E-state index in [-0.39, 0.29) is 23.8 Å². The lowest BCUT2D eigenvalue weighted by Crippen LogP contribution is -2.41. The molecule has 0 aromatic heterocycles. The van der Waals surface area contributed by atoms with E-state index < -0.39 is 5.97 Å². The van der Waals surface area contributed by atoms with Gasteiger partial charge in [0.15, 0.2) is 0 Å². The number of hydrogen-bond donors (Lipinski definition) is 2. The molecule has 0 saturated heterocycles. The second-order valence-corrected chi connectivity index (χ2v) is 6.95. The van der Waals surface area contributed by atoms with Gasteiger partial charge in [-0.3, -0.25) is 9.59 Å². The Morgan fingerprint density at radius 3 is 2.22 bits per heavy atom. The summed E-state index contributed by atoms with van der Waals surface area (Å²) in [5.74, 6) is -0.453. The van der Waals surface area contributed by atoms with Crippen molar-refractivity contribution in [3.8, 4) is 0 Å². The highest BCUT2D eigenvalue weighted by Crippen LogP contribution is 2.35. The molecule has 2 aliphatic rings. The first kappa shape index (κ1) is 16.0. The summed E-state index contributed by atoms with van der Waals surface area (Å²) in [6.45, 7) is 0. The van der Waals surface area contributed by atoms with Crippen molar-refractivity contribution in [3.63, 3.8) is 0 Å². The van der Waals surface area contributed by atoms with Crippen LogP contribution in [-0.2, 0) is 9.59 Å². The van der Waals surface area contributed by atoms with Gasteiger partial charge in [-0.15, -0.1) is 0 Å². The number of hydrogen-bond acceptors (Lipinski definition) is 2. The number of amides is 1. The first-order valence-electron chi connectivity index (χ1n) is 8.73. The maximum atomic E-state index is 12.5. The van der Waals surface area contributed by atoms with Gasteiger partial charge < -0.3 is 10.4 Å². The molecule has 3 rings (SSSR count). The molecule has 1 aromatic rings. The monoisotopic (exact) mass is 315 g/mol. The first-order chi connectivity index (χ1) is 11.1. The van der Waals surface area contributed by atoms with Crippen LogP contribution < -0.4 is 5.32 Å². The highest BCUT2D eigenvalue weighted by atomic mass is 16.4. The van der Waals surface area contributed by atoms with Crippen LogP contribution in [0, 0.1) is 11.8 Å². The molecular weight excluding hydrogens is 290 g/mol. The molecule has 0 radical (unpaired) electrons. The largest absolute Gasteiger partial charge is 0.481 e. The molecule has 4 nitrogen and oxygen atoms in total. The van der Waals surface area contributed by atoms with Crippen LogP contribution in [0.25, 0.3) is 0 Å². The lowest BCUT2D eigenvalue weighted by atomic mass is 9.81. The Kier molecular flexibility index (Phi) is 4.99. The summed E-state index contributed by atoms with van der Waals surface area (Å²) >= 11 is 0. The van der Waals surface area contributed by atoms with E-state index in [1.54, 1.807) is 0 Å². The van der Waals surface area contributed by atoms with Gasteiger partial charge in [-0.1, -0.05) is 36.8 Å². The Labute approximate surface area is 137 Å². The molecule has 2 atom stereocenters. The normalized spacial score (nSPS) is 30.8. The van der Waals surface area contributed by atoms with Gasteiger partial charge in [0.25, 0.3) is 0 Å². The van der Waals surface area contributed by atoms with E-state index in [9.17, 15) is 9.59 Å². The zero-order valence-corrected chi connectivity index (χ0v) is 13.4. The van der Waals surface area contributed by atoms with Crippen molar-refractivity contribution in [3.05, 3.63) is 35.9 Å². The van der Waals surface area contributed by atoms with Crippen LogP contribution in [0.5, 0.6) is 0 Å². The van der Waals surface area contributed by atoms with Crippen LogP contribution in [0.2, 0.25) is 0 Å². The van der Waals surface area contributed by atoms with Gasteiger partial charge in [-0.2, -0.15) is 0 Å². The molecule has 2 fully saturated rings. The van der Waals surface area contributed by atoms with Crippen molar-refractivity contribution in [1.82, 2.24) is 5.32 Å². The molecule has 23 heavy (non-hydrogen) atoms. The number of carboxylic acid groups (broad SMARTS) is 1. The van der Waals surface area contributed by atoms with Gasteiger partial charge in [-0.25, -0.2) is 0 Å². The van der Waals surface area contributed by atoms with Crippen molar-refractivity contribution in [2.24, 2.45) is 11.8 Å². The van der Waals surface area contributed by atoms with Crippen molar-refractivity contribution in [2.45, 2.75) is 56.9 Å². The van der Waals surface area contributed by atoms with E-state index in [1.807, 2.05) is 6.07 Å². The number of carbonyl (C=O) groups excluding carboxylic acids is 1. The van der Waals surface area contributed by atoms with Crippen molar-refractivity contribution < 1.29 is 14.7 Å². The first-order valence-corrected chi connectivity index (χ1v) is 8.73. The number of carboxylic acids is 1. The highest BCUT2D eigenvalue weighted by Gasteiger charge is 2.34. The van der Waals surface area contributed by atoms with Crippen LogP contribution in [0.1, 0.15) is 56.4 Å². The predicted molar refractivity (Wildman–Crippen MR) is 88.0 cm³/mol. The van der Waals surface area contributed by atoms with Crippen LogP contribution in [0.3, 0.4) is 0 Å². The molecule has 0 heterocycles. The van der Waals surface area contributed by atoms with Crippen molar-refractivity contribution >= 4 is 11.9 Å². The Balaban J connectivity index is 1.56. The molecule has 0 unspecified atom stereocenters. The Hall–Kier alpha value is -1.84. The number of carbonyl (C=O) groups is 2. The molecule has 1 aromatic carbocycles. The minimum atomic E-state index is -0.719. The second-order valence-electron chi connectivity index (χ2n) is 6.95. The van der Waals surface area contributed by atoms with Crippen LogP contribution >= 0.6 is 0 Å². The minimum Gasteiger partial charge on any atom is -0.481 e. The number of benzene rings is 1. The average molecular weight is 315 g/mol. The topological polar surface area (TPSA) is 66.4 Å². The Bertz CT molecular complexity index is 549. The average Bonchev–Trinajstić information content (AvgIpc) is 3.04. The summed E-state index contributed by atoms with van der Waals surface area (Å²) in [4.78, 5) is 23.6. The summed E-state index contributed by atoms with van der Waals surface area (Å²) in [5.41, 5.74) is 1.31. The maximum Gasteiger partial charge on any atom is 0.306 e. The molecular formula is C19H25NO3. The van der Waals surface area contributed by atoms with Crippen molar-refractivity contribution in [1.29, 1.82) is 0 Å². The number of nitrogens with one attached hydrogen (secondary N) is 1. The van der Waals surface area contributed by atoms with E-state index >= 15 is 0 Å². The molecule has 2 aliphatic carbocycles. The Morgan fingerprint density at radius 1 is 0.913 bits per heavy atom. The third-order valence-electron chi connectivity index (χ3n) is 5.52. The Morgan fingerprint density at radius 2 is 1.57 bits per heavy atom. The molecule has 0 aliphatic heterocycles. The van der Waals surface area contributed by atoms with Gasteiger partial charge in [0.1, 0.15) is 0 Å². The SMILES string of the molecule is O=C(O)C1CCC(C(=O)N[C@@H]2CCC[C@H]2c2ccccc2)CC1. The van der Waals surface area contributed by atoms with Crippen LogP contribution in [0.15, 0.2) is 30.3 Å². The van der Waals surface area contributed by atoms with Gasteiger partial charge in [-0.05, 0) is 44.1 Å².